The standard InChI is InChI=1S/C13H24N2O2.C10H18N2O2.C8H16N2/c1-9(2)14-7-11-6-10(14)8-15(11)12(16)17-13(3,4)5;1-10(2,3)14-9(13)12-6-7-4-8(12)5-11-7;1-6(2)10-5-7-3-8(10)4-9-7/h9-11H,6-8H2,1-5H3;7-8,11H,4-6H2,1-3H3;6-9H,3-5H2,1-2H3/t10-,11-;2*7-,8-/m111/s1. The van der Waals surface area contributed by atoms with Crippen molar-refractivity contribution in [2.75, 3.05) is 39.3 Å². The van der Waals surface area contributed by atoms with Gasteiger partial charge in [0, 0.05) is 87.6 Å². The van der Waals surface area contributed by atoms with Crippen molar-refractivity contribution < 1.29 is 19.1 Å². The van der Waals surface area contributed by atoms with E-state index in [0.717, 1.165) is 57.1 Å². The highest BCUT2D eigenvalue weighted by Crippen LogP contribution is 2.33. The largest absolute Gasteiger partial charge is 0.444 e. The van der Waals surface area contributed by atoms with Crippen LogP contribution in [0.25, 0.3) is 0 Å². The average molecular weight is 579 g/mol. The molecule has 10 nitrogen and oxygen atoms in total. The van der Waals surface area contributed by atoms with Crippen LogP contribution in [-0.2, 0) is 9.47 Å². The van der Waals surface area contributed by atoms with E-state index in [0.29, 0.717) is 30.2 Å². The zero-order valence-corrected chi connectivity index (χ0v) is 27.4. The van der Waals surface area contributed by atoms with E-state index in [4.69, 9.17) is 9.47 Å². The third kappa shape index (κ3) is 8.27. The molecule has 6 atom stereocenters. The SMILES string of the molecule is CC(C)(C)OC(=O)N1C[C@H]2C[C@@H]1CN2.CC(C)N1C[C@H]2C[C@@H]1CN2.CC(C)N1C[C@H]2C[C@@H]1CN2C(=O)OC(C)(C)C. The van der Waals surface area contributed by atoms with Gasteiger partial charge in [0.2, 0.25) is 0 Å². The van der Waals surface area contributed by atoms with Crippen molar-refractivity contribution in [2.24, 2.45) is 0 Å². The maximum atomic E-state index is 12.0. The van der Waals surface area contributed by atoms with Crippen LogP contribution in [0.5, 0.6) is 0 Å². The van der Waals surface area contributed by atoms with E-state index in [1.165, 1.54) is 19.5 Å². The molecule has 6 heterocycles. The maximum Gasteiger partial charge on any atom is 0.410 e. The number of likely N-dealkylation sites (tertiary alicyclic amines) is 4. The molecular weight excluding hydrogens is 520 g/mol. The van der Waals surface area contributed by atoms with Crippen LogP contribution in [0.3, 0.4) is 0 Å². The highest BCUT2D eigenvalue weighted by Gasteiger charge is 2.47. The Morgan fingerprint density at radius 1 is 0.610 bits per heavy atom. The van der Waals surface area contributed by atoms with E-state index in [-0.39, 0.29) is 17.8 Å². The molecule has 0 aromatic carbocycles. The van der Waals surface area contributed by atoms with Gasteiger partial charge in [0.15, 0.2) is 0 Å². The monoisotopic (exact) mass is 578 g/mol. The van der Waals surface area contributed by atoms with Crippen molar-refractivity contribution in [2.45, 2.75) is 148 Å². The number of fused-ring (bicyclic) bond motifs is 6. The fourth-order valence-electron chi connectivity index (χ4n) is 7.20. The Morgan fingerprint density at radius 3 is 1.39 bits per heavy atom. The van der Waals surface area contributed by atoms with E-state index < -0.39 is 5.60 Å². The lowest BCUT2D eigenvalue weighted by molar-refractivity contribution is 0.0103. The Hall–Kier alpha value is -1.62. The number of amides is 2. The lowest BCUT2D eigenvalue weighted by Crippen LogP contribution is -2.51. The first-order valence-corrected chi connectivity index (χ1v) is 16.0. The number of hydrogen-bond acceptors (Lipinski definition) is 8. The van der Waals surface area contributed by atoms with E-state index in [1.54, 1.807) is 0 Å². The van der Waals surface area contributed by atoms with Gasteiger partial charge in [0.25, 0.3) is 0 Å². The summed E-state index contributed by atoms with van der Waals surface area (Å²) in [6.45, 7) is 26.5. The lowest BCUT2D eigenvalue weighted by Gasteiger charge is -2.37. The third-order valence-corrected chi connectivity index (χ3v) is 9.02. The summed E-state index contributed by atoms with van der Waals surface area (Å²) in [4.78, 5) is 32.6. The topological polar surface area (TPSA) is 89.6 Å². The normalized spacial score (nSPS) is 32.4. The van der Waals surface area contributed by atoms with Crippen LogP contribution < -0.4 is 10.6 Å². The third-order valence-electron chi connectivity index (χ3n) is 9.02. The molecule has 41 heavy (non-hydrogen) atoms. The second kappa shape index (κ2) is 12.5. The van der Waals surface area contributed by atoms with E-state index in [1.807, 2.05) is 51.3 Å². The molecule has 6 aliphatic heterocycles. The fraction of sp³-hybridized carbons (Fsp3) is 0.935. The number of nitrogens with zero attached hydrogens (tertiary/aromatic N) is 4. The van der Waals surface area contributed by atoms with E-state index >= 15 is 0 Å². The quantitative estimate of drug-likeness (QED) is 0.515. The number of piperazine rings is 3. The summed E-state index contributed by atoms with van der Waals surface area (Å²) in [5.41, 5.74) is -0.775. The van der Waals surface area contributed by atoms with Gasteiger partial charge >= 0.3 is 12.2 Å². The summed E-state index contributed by atoms with van der Waals surface area (Å²) >= 11 is 0. The number of ether oxygens (including phenoxy) is 2. The highest BCUT2D eigenvalue weighted by molar-refractivity contribution is 5.70. The first kappa shape index (κ1) is 32.3. The molecule has 10 heteroatoms. The fourth-order valence-corrected chi connectivity index (χ4v) is 7.20. The van der Waals surface area contributed by atoms with Gasteiger partial charge in [-0.15, -0.1) is 0 Å². The van der Waals surface area contributed by atoms with Gasteiger partial charge < -0.3 is 29.9 Å². The summed E-state index contributed by atoms with van der Waals surface area (Å²) in [5, 5.41) is 6.85. The zero-order valence-electron chi connectivity index (χ0n) is 27.4. The number of hydrogen-bond donors (Lipinski definition) is 2. The predicted octanol–water partition coefficient (Wildman–Crippen LogP) is 3.50. The van der Waals surface area contributed by atoms with Gasteiger partial charge in [0.1, 0.15) is 11.2 Å². The van der Waals surface area contributed by atoms with Crippen LogP contribution in [0.2, 0.25) is 0 Å². The summed E-state index contributed by atoms with van der Waals surface area (Å²) in [6, 6.07) is 4.73. The van der Waals surface area contributed by atoms with Gasteiger partial charge in [-0.05, 0) is 88.5 Å². The molecule has 6 aliphatic rings. The zero-order chi connectivity index (χ0) is 30.3. The number of carbonyl (C=O) groups excluding carboxylic acids is 2. The van der Waals surface area contributed by atoms with Crippen LogP contribution in [-0.4, -0.2) is 131 Å². The molecule has 6 saturated heterocycles. The Balaban J connectivity index is 0.000000146. The van der Waals surface area contributed by atoms with Crippen LogP contribution in [0.4, 0.5) is 9.59 Å². The summed E-state index contributed by atoms with van der Waals surface area (Å²) < 4.78 is 10.8. The van der Waals surface area contributed by atoms with E-state index in [9.17, 15) is 9.59 Å². The second-order valence-corrected chi connectivity index (χ2v) is 15.4. The smallest absolute Gasteiger partial charge is 0.410 e. The molecular formula is C31H58N6O4. The van der Waals surface area contributed by atoms with Crippen molar-refractivity contribution in [3.63, 3.8) is 0 Å². The lowest BCUT2D eigenvalue weighted by atomic mass is 10.2. The molecule has 2 N–H and O–H groups in total. The summed E-state index contributed by atoms with van der Waals surface area (Å²) in [5.74, 6) is 0. The molecule has 0 saturated carbocycles. The molecule has 0 aromatic rings. The van der Waals surface area contributed by atoms with Crippen molar-refractivity contribution in [3.8, 4) is 0 Å². The molecule has 0 radical (unpaired) electrons. The first-order chi connectivity index (χ1) is 19.0. The van der Waals surface area contributed by atoms with Gasteiger partial charge in [-0.1, -0.05) is 0 Å². The van der Waals surface area contributed by atoms with Crippen LogP contribution in [0.15, 0.2) is 0 Å². The van der Waals surface area contributed by atoms with Crippen LogP contribution in [0, 0.1) is 0 Å². The minimum atomic E-state index is -0.392. The Kier molecular flexibility index (Phi) is 9.88. The second-order valence-electron chi connectivity index (χ2n) is 15.4. The van der Waals surface area contributed by atoms with Gasteiger partial charge in [-0.2, -0.15) is 0 Å². The van der Waals surface area contributed by atoms with Crippen molar-refractivity contribution in [1.29, 1.82) is 0 Å². The van der Waals surface area contributed by atoms with Gasteiger partial charge in [-0.3, -0.25) is 9.80 Å². The van der Waals surface area contributed by atoms with Gasteiger partial charge in [-0.25, -0.2) is 9.59 Å². The molecule has 6 rings (SSSR count). The molecule has 0 spiro atoms. The molecule has 6 bridgehead atoms. The molecule has 236 valence electrons. The van der Waals surface area contributed by atoms with Crippen LogP contribution in [0.1, 0.15) is 88.5 Å². The first-order valence-electron chi connectivity index (χ1n) is 16.0. The summed E-state index contributed by atoms with van der Waals surface area (Å²) in [7, 11) is 0. The van der Waals surface area contributed by atoms with Crippen molar-refractivity contribution in [3.05, 3.63) is 0 Å². The van der Waals surface area contributed by atoms with Crippen molar-refractivity contribution in [1.82, 2.24) is 30.2 Å². The average Bonchev–Trinajstić information content (AvgIpc) is 3.69. The molecule has 6 fully saturated rings. The number of rotatable bonds is 2. The Bertz CT molecular complexity index is 915. The number of nitrogens with one attached hydrogen (secondary N) is 2. The minimum Gasteiger partial charge on any atom is -0.444 e. The Morgan fingerprint density at radius 2 is 1.07 bits per heavy atom. The molecule has 0 aliphatic carbocycles. The summed E-state index contributed by atoms with van der Waals surface area (Å²) in [6.07, 6.45) is 3.27. The molecule has 2 amide bonds. The number of carbonyl (C=O) groups is 2. The molecule has 0 unspecified atom stereocenters. The maximum absolute atomic E-state index is 12.0. The Labute approximate surface area is 248 Å². The predicted molar refractivity (Wildman–Crippen MR) is 162 cm³/mol. The van der Waals surface area contributed by atoms with Crippen LogP contribution >= 0.6 is 0 Å². The molecule has 0 aromatic heterocycles. The van der Waals surface area contributed by atoms with Gasteiger partial charge in [0.05, 0.1) is 0 Å². The minimum absolute atomic E-state index is 0.145. The van der Waals surface area contributed by atoms with Crippen molar-refractivity contribution >= 4 is 12.2 Å². The van der Waals surface area contributed by atoms with E-state index in [2.05, 4.69) is 48.1 Å². The highest BCUT2D eigenvalue weighted by atomic mass is 16.6.